The van der Waals surface area contributed by atoms with E-state index in [0.29, 0.717) is 10.8 Å². The van der Waals surface area contributed by atoms with E-state index in [1.165, 1.54) is 19.3 Å². The smallest absolute Gasteiger partial charge is 0.0303 e. The maximum Gasteiger partial charge on any atom is 0.0303 e. The molecule has 1 unspecified atom stereocenters. The van der Waals surface area contributed by atoms with E-state index < -0.39 is 0 Å². The van der Waals surface area contributed by atoms with Gasteiger partial charge in [-0.1, -0.05) is 47.5 Å². The highest BCUT2D eigenvalue weighted by Crippen LogP contribution is 2.25. The first-order valence-electron chi connectivity index (χ1n) is 6.03. The van der Waals surface area contributed by atoms with E-state index in [2.05, 4.69) is 40.0 Å². The molecule has 0 saturated carbocycles. The lowest BCUT2D eigenvalue weighted by atomic mass is 9.96. The van der Waals surface area contributed by atoms with Gasteiger partial charge < -0.3 is 0 Å². The van der Waals surface area contributed by atoms with E-state index >= 15 is 0 Å². The van der Waals surface area contributed by atoms with Crippen molar-refractivity contribution in [1.82, 2.24) is 5.43 Å². The Labute approximate surface area is 99.7 Å². The average molecular weight is 232 g/mol. The lowest BCUT2D eigenvalue weighted by molar-refractivity contribution is 0.387. The van der Waals surface area contributed by atoms with Crippen molar-refractivity contribution in [3.63, 3.8) is 0 Å². The predicted octanol–water partition coefficient (Wildman–Crippen LogP) is 3.18. The van der Waals surface area contributed by atoms with E-state index in [1.54, 1.807) is 0 Å². The molecule has 3 heteroatoms. The summed E-state index contributed by atoms with van der Waals surface area (Å²) in [7, 11) is 0. The van der Waals surface area contributed by atoms with Gasteiger partial charge >= 0.3 is 0 Å². The van der Waals surface area contributed by atoms with Gasteiger partial charge in [-0.05, 0) is 12.3 Å². The minimum Gasteiger partial charge on any atom is -0.271 e. The third-order valence-corrected chi connectivity index (χ3v) is 4.16. The van der Waals surface area contributed by atoms with E-state index in [9.17, 15) is 0 Å². The van der Waals surface area contributed by atoms with Crippen LogP contribution in [0.3, 0.4) is 0 Å². The van der Waals surface area contributed by atoms with Crippen LogP contribution in [0, 0.1) is 5.92 Å². The third-order valence-electron chi connectivity index (χ3n) is 2.73. The standard InChI is InChI=1S/C12H28N2S/c1-6-10(7-2)8-11(14-13)9-15-12(3,4)5/h10-11,14H,6-9,13H2,1-5H3. The van der Waals surface area contributed by atoms with Gasteiger partial charge in [-0.15, -0.1) is 0 Å². The molecule has 0 spiro atoms. The summed E-state index contributed by atoms with van der Waals surface area (Å²) in [6.07, 6.45) is 3.72. The molecule has 1 atom stereocenters. The molecule has 0 heterocycles. The van der Waals surface area contributed by atoms with Gasteiger partial charge in [0.05, 0.1) is 0 Å². The summed E-state index contributed by atoms with van der Waals surface area (Å²) < 4.78 is 0.336. The Morgan fingerprint density at radius 3 is 2.07 bits per heavy atom. The molecular weight excluding hydrogens is 204 g/mol. The first-order chi connectivity index (χ1) is 6.92. The Morgan fingerprint density at radius 2 is 1.73 bits per heavy atom. The lowest BCUT2D eigenvalue weighted by Crippen LogP contribution is -2.39. The summed E-state index contributed by atoms with van der Waals surface area (Å²) in [4.78, 5) is 0. The van der Waals surface area contributed by atoms with Crippen LogP contribution in [0.2, 0.25) is 0 Å². The van der Waals surface area contributed by atoms with Crippen LogP contribution in [-0.2, 0) is 0 Å². The molecule has 0 amide bonds. The molecule has 0 aromatic carbocycles. The van der Waals surface area contributed by atoms with E-state index in [-0.39, 0.29) is 0 Å². The average Bonchev–Trinajstić information content (AvgIpc) is 2.17. The topological polar surface area (TPSA) is 38.0 Å². The molecule has 0 rings (SSSR count). The zero-order valence-corrected chi connectivity index (χ0v) is 11.8. The van der Waals surface area contributed by atoms with Gasteiger partial charge in [0.2, 0.25) is 0 Å². The van der Waals surface area contributed by atoms with Crippen LogP contribution in [0.4, 0.5) is 0 Å². The van der Waals surface area contributed by atoms with Crippen molar-refractivity contribution in [2.24, 2.45) is 11.8 Å². The maximum absolute atomic E-state index is 5.60. The molecule has 0 aromatic heterocycles. The monoisotopic (exact) mass is 232 g/mol. The van der Waals surface area contributed by atoms with Gasteiger partial charge in [0.25, 0.3) is 0 Å². The minimum atomic E-state index is 0.336. The van der Waals surface area contributed by atoms with Crippen LogP contribution in [0.15, 0.2) is 0 Å². The second kappa shape index (κ2) is 7.53. The Balaban J connectivity index is 3.92. The van der Waals surface area contributed by atoms with Crippen molar-refractivity contribution >= 4 is 11.8 Å². The van der Waals surface area contributed by atoms with Crippen molar-refractivity contribution in [2.75, 3.05) is 5.75 Å². The lowest BCUT2D eigenvalue weighted by Gasteiger charge is -2.25. The van der Waals surface area contributed by atoms with Crippen molar-refractivity contribution in [1.29, 1.82) is 0 Å². The van der Waals surface area contributed by atoms with Crippen molar-refractivity contribution in [3.8, 4) is 0 Å². The van der Waals surface area contributed by atoms with Crippen molar-refractivity contribution in [2.45, 2.75) is 64.7 Å². The summed E-state index contributed by atoms with van der Waals surface area (Å²) in [5, 5.41) is 0. The molecule has 2 nitrogen and oxygen atoms in total. The van der Waals surface area contributed by atoms with E-state index in [0.717, 1.165) is 11.7 Å². The molecule has 0 radical (unpaired) electrons. The molecule has 0 bridgehead atoms. The zero-order valence-electron chi connectivity index (χ0n) is 11.0. The summed E-state index contributed by atoms with van der Waals surface area (Å²) in [6, 6.07) is 0.458. The van der Waals surface area contributed by atoms with Crippen LogP contribution in [-0.4, -0.2) is 16.5 Å². The van der Waals surface area contributed by atoms with Gasteiger partial charge in [-0.2, -0.15) is 11.8 Å². The molecule has 0 fully saturated rings. The first kappa shape index (κ1) is 15.3. The van der Waals surface area contributed by atoms with E-state index in [4.69, 9.17) is 5.84 Å². The number of rotatable bonds is 7. The summed E-state index contributed by atoms with van der Waals surface area (Å²) in [5.74, 6) is 7.52. The second-order valence-corrected chi connectivity index (χ2v) is 7.05. The third kappa shape index (κ3) is 8.12. The van der Waals surface area contributed by atoms with Gasteiger partial charge in [-0.25, -0.2) is 0 Å². The molecule has 15 heavy (non-hydrogen) atoms. The summed E-state index contributed by atoms with van der Waals surface area (Å²) in [6.45, 7) is 11.3. The Bertz CT molecular complexity index is 150. The molecule has 92 valence electrons. The van der Waals surface area contributed by atoms with Crippen LogP contribution >= 0.6 is 11.8 Å². The number of nitrogens with two attached hydrogens (primary N) is 1. The number of thioether (sulfide) groups is 1. The summed E-state index contributed by atoms with van der Waals surface area (Å²) >= 11 is 1.99. The molecule has 0 aliphatic carbocycles. The highest BCUT2D eigenvalue weighted by Gasteiger charge is 2.17. The number of hydrogen-bond acceptors (Lipinski definition) is 3. The predicted molar refractivity (Wildman–Crippen MR) is 72.0 cm³/mol. The SMILES string of the molecule is CCC(CC)CC(CSC(C)(C)C)NN. The van der Waals surface area contributed by atoms with E-state index in [1.807, 2.05) is 11.8 Å². The van der Waals surface area contributed by atoms with Crippen LogP contribution in [0.5, 0.6) is 0 Å². The van der Waals surface area contributed by atoms with Gasteiger partial charge in [0.1, 0.15) is 0 Å². The van der Waals surface area contributed by atoms with Gasteiger partial charge in [0.15, 0.2) is 0 Å². The maximum atomic E-state index is 5.60. The molecular formula is C12H28N2S. The molecule has 0 aliphatic rings. The van der Waals surface area contributed by atoms with Gasteiger partial charge in [-0.3, -0.25) is 11.3 Å². The number of nitrogens with one attached hydrogen (secondary N) is 1. The molecule has 0 saturated heterocycles. The fraction of sp³-hybridized carbons (Fsp3) is 1.00. The fourth-order valence-corrected chi connectivity index (χ4v) is 2.49. The number of hydrazine groups is 1. The van der Waals surface area contributed by atoms with Crippen LogP contribution < -0.4 is 11.3 Å². The van der Waals surface area contributed by atoms with Gasteiger partial charge in [0, 0.05) is 16.5 Å². The first-order valence-corrected chi connectivity index (χ1v) is 7.01. The fourth-order valence-electron chi connectivity index (χ4n) is 1.56. The molecule has 0 aliphatic heterocycles. The zero-order chi connectivity index (χ0) is 11.9. The molecule has 3 N–H and O–H groups in total. The normalized spacial score (nSPS) is 14.6. The Morgan fingerprint density at radius 1 is 1.20 bits per heavy atom. The number of hydrogen-bond donors (Lipinski definition) is 2. The van der Waals surface area contributed by atoms with Crippen molar-refractivity contribution < 1.29 is 0 Å². The second-order valence-electron chi connectivity index (χ2n) is 5.21. The van der Waals surface area contributed by atoms with Crippen LogP contribution in [0.1, 0.15) is 53.9 Å². The quantitative estimate of drug-likeness (QED) is 0.523. The highest BCUT2D eigenvalue weighted by molar-refractivity contribution is 8.00. The van der Waals surface area contributed by atoms with Crippen LogP contribution in [0.25, 0.3) is 0 Å². The summed E-state index contributed by atoms with van der Waals surface area (Å²) in [5.41, 5.74) is 2.95. The molecule has 0 aromatic rings. The highest BCUT2D eigenvalue weighted by atomic mass is 32.2. The largest absolute Gasteiger partial charge is 0.271 e. The Hall–Kier alpha value is 0.270. The minimum absolute atomic E-state index is 0.336. The Kier molecular flexibility index (Phi) is 7.66. The van der Waals surface area contributed by atoms with Crippen molar-refractivity contribution in [3.05, 3.63) is 0 Å².